The first-order valence-electron chi connectivity index (χ1n) is 6.82. The molecule has 2 aromatic rings. The normalized spacial score (nSPS) is 10.4. The van der Waals surface area contributed by atoms with Crippen molar-refractivity contribution >= 4 is 5.69 Å². The van der Waals surface area contributed by atoms with Gasteiger partial charge < -0.3 is 10.5 Å². The monoisotopic (exact) mass is 255 g/mol. The van der Waals surface area contributed by atoms with Crippen molar-refractivity contribution < 1.29 is 4.74 Å². The minimum absolute atomic E-state index is 0.794. The molecular formula is C17H21NO. The van der Waals surface area contributed by atoms with Crippen LogP contribution in [0, 0.1) is 6.92 Å². The summed E-state index contributed by atoms with van der Waals surface area (Å²) in [5.74, 6) is 1.69. The van der Waals surface area contributed by atoms with Crippen LogP contribution in [0.4, 0.5) is 5.69 Å². The third kappa shape index (κ3) is 3.75. The van der Waals surface area contributed by atoms with Crippen molar-refractivity contribution in [2.75, 3.05) is 5.73 Å². The molecule has 19 heavy (non-hydrogen) atoms. The Balaban J connectivity index is 2.04. The van der Waals surface area contributed by atoms with Crippen molar-refractivity contribution in [1.29, 1.82) is 0 Å². The summed E-state index contributed by atoms with van der Waals surface area (Å²) in [4.78, 5) is 0. The van der Waals surface area contributed by atoms with E-state index >= 15 is 0 Å². The average molecular weight is 255 g/mol. The van der Waals surface area contributed by atoms with Gasteiger partial charge >= 0.3 is 0 Å². The molecule has 0 heterocycles. The zero-order valence-corrected chi connectivity index (χ0v) is 11.6. The van der Waals surface area contributed by atoms with Crippen molar-refractivity contribution in [3.05, 3.63) is 53.6 Å². The Hall–Kier alpha value is -1.96. The largest absolute Gasteiger partial charge is 0.457 e. The summed E-state index contributed by atoms with van der Waals surface area (Å²) in [6.45, 7) is 4.19. The van der Waals surface area contributed by atoms with Gasteiger partial charge in [0.1, 0.15) is 11.5 Å². The lowest BCUT2D eigenvalue weighted by atomic mass is 10.1. The van der Waals surface area contributed by atoms with Gasteiger partial charge in [-0.05, 0) is 61.2 Å². The van der Waals surface area contributed by atoms with Gasteiger partial charge in [0, 0.05) is 5.69 Å². The summed E-state index contributed by atoms with van der Waals surface area (Å²) in [6.07, 6.45) is 3.60. The second kappa shape index (κ2) is 6.28. The molecule has 0 bridgehead atoms. The van der Waals surface area contributed by atoms with E-state index in [1.807, 2.05) is 37.3 Å². The highest BCUT2D eigenvalue weighted by Crippen LogP contribution is 2.25. The molecule has 2 rings (SSSR count). The van der Waals surface area contributed by atoms with Crippen molar-refractivity contribution in [2.24, 2.45) is 0 Å². The molecule has 0 aromatic heterocycles. The molecule has 0 aliphatic carbocycles. The number of nitrogens with two attached hydrogens (primary N) is 1. The molecule has 2 heteroatoms. The molecule has 0 saturated carbocycles. The van der Waals surface area contributed by atoms with E-state index in [1.54, 1.807) is 0 Å². The van der Waals surface area contributed by atoms with Crippen molar-refractivity contribution in [1.82, 2.24) is 0 Å². The molecule has 0 aliphatic rings. The first kappa shape index (κ1) is 13.5. The molecular weight excluding hydrogens is 234 g/mol. The number of hydrogen-bond donors (Lipinski definition) is 1. The van der Waals surface area contributed by atoms with Crippen LogP contribution in [0.1, 0.15) is 30.9 Å². The standard InChI is InChI=1S/C17H21NO/c1-3-4-5-14-6-8-15(9-7-14)19-16-10-11-17(18)13(2)12-16/h6-12H,3-5,18H2,1-2H3. The summed E-state index contributed by atoms with van der Waals surface area (Å²) in [5.41, 5.74) is 8.99. The fourth-order valence-corrected chi connectivity index (χ4v) is 1.95. The van der Waals surface area contributed by atoms with E-state index < -0.39 is 0 Å². The van der Waals surface area contributed by atoms with Gasteiger partial charge in [0.25, 0.3) is 0 Å². The molecule has 100 valence electrons. The van der Waals surface area contributed by atoms with Gasteiger partial charge in [0.2, 0.25) is 0 Å². The lowest BCUT2D eigenvalue weighted by molar-refractivity contribution is 0.482. The highest BCUT2D eigenvalue weighted by molar-refractivity contribution is 5.50. The van der Waals surface area contributed by atoms with Crippen LogP contribution in [0.5, 0.6) is 11.5 Å². The van der Waals surface area contributed by atoms with Crippen LogP contribution < -0.4 is 10.5 Å². The summed E-state index contributed by atoms with van der Waals surface area (Å²) >= 11 is 0. The summed E-state index contributed by atoms with van der Waals surface area (Å²) in [7, 11) is 0. The molecule has 0 atom stereocenters. The Kier molecular flexibility index (Phi) is 4.45. The van der Waals surface area contributed by atoms with Crippen LogP contribution in [0.2, 0.25) is 0 Å². The van der Waals surface area contributed by atoms with Gasteiger partial charge in [-0.2, -0.15) is 0 Å². The number of rotatable bonds is 5. The lowest BCUT2D eigenvalue weighted by Gasteiger charge is -2.08. The van der Waals surface area contributed by atoms with E-state index in [4.69, 9.17) is 10.5 Å². The molecule has 0 aliphatic heterocycles. The maximum absolute atomic E-state index is 5.82. The topological polar surface area (TPSA) is 35.2 Å². The Morgan fingerprint density at radius 3 is 2.32 bits per heavy atom. The van der Waals surface area contributed by atoms with Gasteiger partial charge in [-0.1, -0.05) is 25.5 Å². The van der Waals surface area contributed by atoms with Crippen LogP contribution in [0.3, 0.4) is 0 Å². The van der Waals surface area contributed by atoms with Crippen molar-refractivity contribution in [3.8, 4) is 11.5 Å². The molecule has 2 aromatic carbocycles. The van der Waals surface area contributed by atoms with Crippen LogP contribution in [-0.2, 0) is 6.42 Å². The molecule has 0 unspecified atom stereocenters. The molecule has 2 nitrogen and oxygen atoms in total. The molecule has 2 N–H and O–H groups in total. The smallest absolute Gasteiger partial charge is 0.127 e. The number of benzene rings is 2. The maximum Gasteiger partial charge on any atom is 0.127 e. The predicted molar refractivity (Wildman–Crippen MR) is 80.7 cm³/mol. The Morgan fingerprint density at radius 1 is 1.00 bits per heavy atom. The van der Waals surface area contributed by atoms with Gasteiger partial charge in [-0.3, -0.25) is 0 Å². The Labute approximate surface area is 115 Å². The maximum atomic E-state index is 5.82. The Morgan fingerprint density at radius 2 is 1.68 bits per heavy atom. The fraction of sp³-hybridized carbons (Fsp3) is 0.294. The number of nitrogen functional groups attached to an aromatic ring is 1. The van der Waals surface area contributed by atoms with E-state index in [1.165, 1.54) is 18.4 Å². The molecule has 0 fully saturated rings. The number of ether oxygens (including phenoxy) is 1. The lowest BCUT2D eigenvalue weighted by Crippen LogP contribution is -1.91. The van der Waals surface area contributed by atoms with Crippen molar-refractivity contribution in [3.63, 3.8) is 0 Å². The molecule has 0 amide bonds. The minimum atomic E-state index is 0.794. The zero-order valence-electron chi connectivity index (χ0n) is 11.6. The van der Waals surface area contributed by atoms with Crippen LogP contribution in [-0.4, -0.2) is 0 Å². The summed E-state index contributed by atoms with van der Waals surface area (Å²) in [6, 6.07) is 14.0. The third-order valence-electron chi connectivity index (χ3n) is 3.22. The van der Waals surface area contributed by atoms with Crippen LogP contribution >= 0.6 is 0 Å². The van der Waals surface area contributed by atoms with Gasteiger partial charge in [-0.15, -0.1) is 0 Å². The predicted octanol–water partition coefficient (Wildman–Crippen LogP) is 4.71. The van der Waals surface area contributed by atoms with E-state index in [2.05, 4.69) is 19.1 Å². The fourth-order valence-electron chi connectivity index (χ4n) is 1.95. The molecule has 0 saturated heterocycles. The van der Waals surface area contributed by atoms with Gasteiger partial charge in [0.05, 0.1) is 0 Å². The SMILES string of the molecule is CCCCc1ccc(Oc2ccc(N)c(C)c2)cc1. The average Bonchev–Trinajstić information content (AvgIpc) is 2.42. The number of hydrogen-bond acceptors (Lipinski definition) is 2. The van der Waals surface area contributed by atoms with Crippen LogP contribution in [0.15, 0.2) is 42.5 Å². The summed E-state index contributed by atoms with van der Waals surface area (Å²) in [5, 5.41) is 0. The molecule has 0 spiro atoms. The minimum Gasteiger partial charge on any atom is -0.457 e. The molecule has 0 radical (unpaired) electrons. The van der Waals surface area contributed by atoms with E-state index in [0.29, 0.717) is 0 Å². The zero-order chi connectivity index (χ0) is 13.7. The Bertz CT molecular complexity index is 531. The van der Waals surface area contributed by atoms with Crippen LogP contribution in [0.25, 0.3) is 0 Å². The van der Waals surface area contributed by atoms with E-state index in [-0.39, 0.29) is 0 Å². The van der Waals surface area contributed by atoms with E-state index in [0.717, 1.165) is 29.2 Å². The second-order valence-corrected chi connectivity index (χ2v) is 4.87. The third-order valence-corrected chi connectivity index (χ3v) is 3.22. The quantitative estimate of drug-likeness (QED) is 0.785. The first-order valence-corrected chi connectivity index (χ1v) is 6.82. The summed E-state index contributed by atoms with van der Waals surface area (Å²) < 4.78 is 5.82. The van der Waals surface area contributed by atoms with Crippen molar-refractivity contribution in [2.45, 2.75) is 33.1 Å². The van der Waals surface area contributed by atoms with Gasteiger partial charge in [0.15, 0.2) is 0 Å². The second-order valence-electron chi connectivity index (χ2n) is 4.87. The van der Waals surface area contributed by atoms with E-state index in [9.17, 15) is 0 Å². The number of anilines is 1. The highest BCUT2D eigenvalue weighted by Gasteiger charge is 2.00. The first-order chi connectivity index (χ1) is 9.19. The van der Waals surface area contributed by atoms with Gasteiger partial charge in [-0.25, -0.2) is 0 Å². The number of unbranched alkanes of at least 4 members (excludes halogenated alkanes) is 1. The number of aryl methyl sites for hydroxylation is 2. The highest BCUT2D eigenvalue weighted by atomic mass is 16.5.